The van der Waals surface area contributed by atoms with E-state index in [9.17, 15) is 0 Å². The number of nitriles is 1. The lowest BCUT2D eigenvalue weighted by molar-refractivity contribution is 0.767. The third-order valence-corrected chi connectivity index (χ3v) is 2.67. The highest BCUT2D eigenvalue weighted by Gasteiger charge is 2.01. The zero-order valence-corrected chi connectivity index (χ0v) is 10.1. The van der Waals surface area contributed by atoms with Gasteiger partial charge in [-0.05, 0) is 18.2 Å². The Bertz CT molecular complexity index is 568. The predicted octanol–water partition coefficient (Wildman–Crippen LogP) is 2.56. The van der Waals surface area contributed by atoms with Crippen LogP contribution in [0.25, 0.3) is 0 Å². The van der Waals surface area contributed by atoms with Crippen molar-refractivity contribution in [3.05, 3.63) is 46.7 Å². The Labute approximate surface area is 104 Å². The summed E-state index contributed by atoms with van der Waals surface area (Å²) in [5, 5.41) is 16.6. The summed E-state index contributed by atoms with van der Waals surface area (Å²) < 4.78 is 1.75. The highest BCUT2D eigenvalue weighted by Crippen LogP contribution is 2.20. The zero-order valence-electron chi connectivity index (χ0n) is 9.31. The molecule has 2 rings (SSSR count). The fraction of sp³-hybridized carbons (Fsp3) is 0.167. The SMILES string of the molecule is Cn1cc(CNc2ccc(Cl)c(C#N)c2)cn1. The Balaban J connectivity index is 2.07. The van der Waals surface area contributed by atoms with Crippen molar-refractivity contribution in [2.45, 2.75) is 6.54 Å². The minimum Gasteiger partial charge on any atom is -0.381 e. The molecule has 2 aromatic rings. The number of hydrogen-bond acceptors (Lipinski definition) is 3. The molecule has 0 aliphatic rings. The quantitative estimate of drug-likeness (QED) is 0.906. The number of benzene rings is 1. The van der Waals surface area contributed by atoms with Crippen molar-refractivity contribution in [1.82, 2.24) is 9.78 Å². The van der Waals surface area contributed by atoms with Crippen molar-refractivity contribution >= 4 is 17.3 Å². The van der Waals surface area contributed by atoms with Gasteiger partial charge in [0, 0.05) is 31.0 Å². The van der Waals surface area contributed by atoms with Gasteiger partial charge in [0.15, 0.2) is 0 Å². The molecule has 5 heteroatoms. The van der Waals surface area contributed by atoms with Crippen molar-refractivity contribution in [3.63, 3.8) is 0 Å². The molecule has 0 saturated heterocycles. The number of halogens is 1. The lowest BCUT2D eigenvalue weighted by Crippen LogP contribution is -1.98. The van der Waals surface area contributed by atoms with E-state index in [0.717, 1.165) is 11.3 Å². The minimum absolute atomic E-state index is 0.472. The van der Waals surface area contributed by atoms with E-state index in [-0.39, 0.29) is 0 Å². The molecule has 0 atom stereocenters. The summed E-state index contributed by atoms with van der Waals surface area (Å²) in [5.41, 5.74) is 2.43. The minimum atomic E-state index is 0.472. The molecule has 0 radical (unpaired) electrons. The molecule has 1 N–H and O–H groups in total. The van der Waals surface area contributed by atoms with Crippen LogP contribution in [0, 0.1) is 11.3 Å². The summed E-state index contributed by atoms with van der Waals surface area (Å²) in [5.74, 6) is 0. The van der Waals surface area contributed by atoms with Gasteiger partial charge in [-0.15, -0.1) is 0 Å². The van der Waals surface area contributed by atoms with Crippen LogP contribution in [-0.4, -0.2) is 9.78 Å². The van der Waals surface area contributed by atoms with Gasteiger partial charge in [0.1, 0.15) is 6.07 Å². The van der Waals surface area contributed by atoms with Gasteiger partial charge in [0.25, 0.3) is 0 Å². The van der Waals surface area contributed by atoms with Crippen LogP contribution in [0.4, 0.5) is 5.69 Å². The number of aryl methyl sites for hydroxylation is 1. The summed E-state index contributed by atoms with van der Waals surface area (Å²) in [6.45, 7) is 0.667. The van der Waals surface area contributed by atoms with Crippen molar-refractivity contribution in [3.8, 4) is 6.07 Å². The van der Waals surface area contributed by atoms with Gasteiger partial charge in [-0.1, -0.05) is 11.6 Å². The molecule has 0 fully saturated rings. The molecule has 1 aromatic heterocycles. The predicted molar refractivity (Wildman–Crippen MR) is 66.7 cm³/mol. The van der Waals surface area contributed by atoms with E-state index in [1.54, 1.807) is 23.0 Å². The molecule has 4 nitrogen and oxygen atoms in total. The summed E-state index contributed by atoms with van der Waals surface area (Å²) in [4.78, 5) is 0. The molecule has 0 unspecified atom stereocenters. The van der Waals surface area contributed by atoms with Crippen molar-refractivity contribution in [2.75, 3.05) is 5.32 Å². The molecule has 0 aliphatic heterocycles. The van der Waals surface area contributed by atoms with Gasteiger partial charge in [-0.3, -0.25) is 4.68 Å². The average Bonchev–Trinajstić information content (AvgIpc) is 2.74. The zero-order chi connectivity index (χ0) is 12.3. The van der Waals surface area contributed by atoms with Gasteiger partial charge >= 0.3 is 0 Å². The Morgan fingerprint density at radius 3 is 3.00 bits per heavy atom. The van der Waals surface area contributed by atoms with Crippen LogP contribution < -0.4 is 5.32 Å². The Morgan fingerprint density at radius 2 is 2.35 bits per heavy atom. The molecule has 1 heterocycles. The second kappa shape index (κ2) is 4.89. The van der Waals surface area contributed by atoms with Crippen LogP contribution in [-0.2, 0) is 13.6 Å². The number of nitrogens with zero attached hydrogens (tertiary/aromatic N) is 3. The van der Waals surface area contributed by atoms with E-state index in [1.807, 2.05) is 25.4 Å². The standard InChI is InChI=1S/C12H11ClN4/c1-17-8-9(7-16-17)6-15-11-2-3-12(13)10(4-11)5-14/h2-4,7-8,15H,6H2,1H3. The van der Waals surface area contributed by atoms with Crippen molar-refractivity contribution in [2.24, 2.45) is 7.05 Å². The molecule has 0 bridgehead atoms. The van der Waals surface area contributed by atoms with Crippen LogP contribution in [0.15, 0.2) is 30.6 Å². The Morgan fingerprint density at radius 1 is 1.53 bits per heavy atom. The first-order valence-electron chi connectivity index (χ1n) is 5.10. The van der Waals surface area contributed by atoms with Gasteiger partial charge in [0.05, 0.1) is 16.8 Å². The fourth-order valence-electron chi connectivity index (χ4n) is 1.49. The highest BCUT2D eigenvalue weighted by molar-refractivity contribution is 6.31. The number of hydrogen-bond donors (Lipinski definition) is 1. The van der Waals surface area contributed by atoms with E-state index in [4.69, 9.17) is 16.9 Å². The van der Waals surface area contributed by atoms with E-state index in [0.29, 0.717) is 17.1 Å². The largest absolute Gasteiger partial charge is 0.381 e. The van der Waals surface area contributed by atoms with E-state index >= 15 is 0 Å². The maximum absolute atomic E-state index is 8.86. The molecule has 0 aliphatic carbocycles. The summed E-state index contributed by atoms with van der Waals surface area (Å²) in [6, 6.07) is 7.35. The first kappa shape index (κ1) is 11.5. The second-order valence-electron chi connectivity index (χ2n) is 3.68. The second-order valence-corrected chi connectivity index (χ2v) is 4.09. The lowest BCUT2D eigenvalue weighted by atomic mass is 10.2. The van der Waals surface area contributed by atoms with E-state index < -0.39 is 0 Å². The fourth-order valence-corrected chi connectivity index (χ4v) is 1.65. The van der Waals surface area contributed by atoms with Crippen LogP contribution in [0.3, 0.4) is 0 Å². The smallest absolute Gasteiger partial charge is 0.101 e. The first-order chi connectivity index (χ1) is 8.19. The molecular weight excluding hydrogens is 236 g/mol. The lowest BCUT2D eigenvalue weighted by Gasteiger charge is -2.05. The van der Waals surface area contributed by atoms with Gasteiger partial charge in [-0.2, -0.15) is 10.4 Å². The Kier molecular flexibility index (Phi) is 3.31. The van der Waals surface area contributed by atoms with Gasteiger partial charge < -0.3 is 5.32 Å². The van der Waals surface area contributed by atoms with Gasteiger partial charge in [0.2, 0.25) is 0 Å². The average molecular weight is 247 g/mol. The maximum atomic E-state index is 8.86. The normalized spacial score (nSPS) is 9.94. The van der Waals surface area contributed by atoms with Crippen LogP contribution >= 0.6 is 11.6 Å². The topological polar surface area (TPSA) is 53.6 Å². The molecule has 0 spiro atoms. The number of rotatable bonds is 3. The monoisotopic (exact) mass is 246 g/mol. The number of aromatic nitrogens is 2. The highest BCUT2D eigenvalue weighted by atomic mass is 35.5. The van der Waals surface area contributed by atoms with E-state index in [2.05, 4.69) is 10.4 Å². The Hall–Kier alpha value is -1.99. The van der Waals surface area contributed by atoms with E-state index in [1.165, 1.54) is 0 Å². The van der Waals surface area contributed by atoms with Crippen molar-refractivity contribution in [1.29, 1.82) is 5.26 Å². The molecular formula is C12H11ClN4. The number of anilines is 1. The third kappa shape index (κ3) is 2.77. The summed E-state index contributed by atoms with van der Waals surface area (Å²) >= 11 is 5.85. The maximum Gasteiger partial charge on any atom is 0.101 e. The third-order valence-electron chi connectivity index (χ3n) is 2.34. The van der Waals surface area contributed by atoms with Crippen LogP contribution in [0.5, 0.6) is 0 Å². The molecule has 1 aromatic carbocycles. The summed E-state index contributed by atoms with van der Waals surface area (Å²) in [7, 11) is 1.87. The van der Waals surface area contributed by atoms with Crippen molar-refractivity contribution < 1.29 is 0 Å². The van der Waals surface area contributed by atoms with Crippen LogP contribution in [0.1, 0.15) is 11.1 Å². The van der Waals surface area contributed by atoms with Gasteiger partial charge in [-0.25, -0.2) is 0 Å². The first-order valence-corrected chi connectivity index (χ1v) is 5.48. The molecule has 0 amide bonds. The number of nitrogens with one attached hydrogen (secondary N) is 1. The molecule has 0 saturated carbocycles. The van der Waals surface area contributed by atoms with Crippen LogP contribution in [0.2, 0.25) is 5.02 Å². The summed E-state index contributed by atoms with van der Waals surface area (Å²) in [6.07, 6.45) is 3.74. The molecule has 17 heavy (non-hydrogen) atoms. The molecule has 86 valence electrons.